The molecule has 0 fully saturated rings. The van der Waals surface area contributed by atoms with E-state index in [1.54, 1.807) is 5.98 Å². The molecule has 0 aromatic heterocycles. The second kappa shape index (κ2) is 6.45. The first-order chi connectivity index (χ1) is 12.3. The summed E-state index contributed by atoms with van der Waals surface area (Å²) >= 11 is 0. The third-order valence-corrected chi connectivity index (χ3v) is 4.65. The van der Waals surface area contributed by atoms with E-state index in [-0.39, 0.29) is 0 Å². The van der Waals surface area contributed by atoms with Crippen molar-refractivity contribution >= 4 is 50.9 Å². The van der Waals surface area contributed by atoms with Gasteiger partial charge in [0, 0.05) is 0 Å². The molecule has 0 atom stereocenters. The molecule has 5 aromatic rings. The topological polar surface area (TPSA) is 0 Å². The van der Waals surface area contributed by atoms with Gasteiger partial charge in [-0.15, -0.1) is 12.6 Å². The molecule has 0 aliphatic rings. The zero-order valence-electron chi connectivity index (χ0n) is 14.4. The molecule has 0 nitrogen and oxygen atoms in total. The zero-order chi connectivity index (χ0) is 17.2. The fourth-order valence-corrected chi connectivity index (χ4v) is 3.59. The first kappa shape index (κ1) is 15.5. The number of benzene rings is 5. The first-order valence-corrected chi connectivity index (χ1v) is 8.62. The van der Waals surface area contributed by atoms with E-state index in [0.29, 0.717) is 0 Å². The summed E-state index contributed by atoms with van der Waals surface area (Å²) < 4.78 is 0. The molecule has 5 rings (SSSR count). The lowest BCUT2D eigenvalue weighted by Gasteiger charge is -2.09. The van der Waals surface area contributed by atoms with E-state index in [2.05, 4.69) is 91.5 Å². The Hall–Kier alpha value is -3.06. The molecular formula is C24H19B. The van der Waals surface area contributed by atoms with Gasteiger partial charge in [-0.05, 0) is 43.1 Å². The summed E-state index contributed by atoms with van der Waals surface area (Å²) in [7, 11) is 1.89. The van der Waals surface area contributed by atoms with Gasteiger partial charge in [-0.25, -0.2) is 0 Å². The zero-order valence-corrected chi connectivity index (χ0v) is 14.4. The van der Waals surface area contributed by atoms with Crippen LogP contribution in [-0.4, -0.2) is 7.85 Å². The number of hydrogen-bond donors (Lipinski definition) is 0. The second-order valence-electron chi connectivity index (χ2n) is 6.24. The summed E-state index contributed by atoms with van der Waals surface area (Å²) in [6, 6.07) is 30.7. The van der Waals surface area contributed by atoms with Crippen LogP contribution in [-0.2, 0) is 0 Å². The number of fused-ring (bicyclic) bond motifs is 7. The monoisotopic (exact) mass is 318 g/mol. The van der Waals surface area contributed by atoms with Crippen LogP contribution in [0.25, 0.3) is 43.1 Å². The molecule has 5 aromatic carbocycles. The fourth-order valence-electron chi connectivity index (χ4n) is 3.59. The van der Waals surface area contributed by atoms with Crippen LogP contribution in [0.15, 0.2) is 97.5 Å². The molecule has 0 saturated heterocycles. The van der Waals surface area contributed by atoms with Gasteiger partial charge in [0.1, 0.15) is 7.85 Å². The molecule has 0 amide bonds. The minimum atomic E-state index is 1.30. The summed E-state index contributed by atoms with van der Waals surface area (Å²) in [6.07, 6.45) is 0. The maximum atomic E-state index is 3.36. The van der Waals surface area contributed by atoms with E-state index < -0.39 is 0 Å². The van der Waals surface area contributed by atoms with Gasteiger partial charge in [0.05, 0.1) is 0 Å². The van der Waals surface area contributed by atoms with Crippen molar-refractivity contribution in [2.75, 3.05) is 0 Å². The van der Waals surface area contributed by atoms with E-state index in [0.717, 1.165) is 0 Å². The summed E-state index contributed by atoms with van der Waals surface area (Å²) in [5.74, 6) is 1.75. The van der Waals surface area contributed by atoms with Crippen LogP contribution in [0.5, 0.6) is 0 Å². The van der Waals surface area contributed by atoms with Crippen molar-refractivity contribution in [1.29, 1.82) is 0 Å². The Balaban J connectivity index is 0.000000490. The Kier molecular flexibility index (Phi) is 3.99. The molecule has 0 radical (unpaired) electrons. The van der Waals surface area contributed by atoms with Crippen LogP contribution in [0.4, 0.5) is 0 Å². The standard InChI is InChI=1S/C22H14.C2H5B/c1-3-7-17-15(5-1)9-11-21-19(17)13-14-20-18-8-4-2-6-16(18)10-12-22(20)21;1-2-3/h1-14H;2H,1,3H2. The van der Waals surface area contributed by atoms with Gasteiger partial charge < -0.3 is 0 Å². The van der Waals surface area contributed by atoms with Gasteiger partial charge >= 0.3 is 0 Å². The van der Waals surface area contributed by atoms with Crippen LogP contribution in [0, 0.1) is 0 Å². The van der Waals surface area contributed by atoms with Gasteiger partial charge in [0.25, 0.3) is 0 Å². The average molecular weight is 318 g/mol. The lowest BCUT2D eigenvalue weighted by Crippen LogP contribution is -1.82. The van der Waals surface area contributed by atoms with Crippen molar-refractivity contribution in [1.82, 2.24) is 0 Å². The fraction of sp³-hybridized carbons (Fsp3) is 0. The molecule has 0 spiro atoms. The Labute approximate surface area is 148 Å². The predicted octanol–water partition coefficient (Wildman–Crippen LogP) is 6.06. The highest BCUT2D eigenvalue weighted by atomic mass is 14.1. The minimum Gasteiger partial charge on any atom is -0.131 e. The molecular weight excluding hydrogens is 299 g/mol. The first-order valence-electron chi connectivity index (χ1n) is 8.62. The maximum Gasteiger partial charge on any atom is 0.128 e. The molecule has 0 saturated carbocycles. The minimum absolute atomic E-state index is 1.30. The highest BCUT2D eigenvalue weighted by molar-refractivity contribution is 6.22. The molecule has 0 bridgehead atoms. The molecule has 0 heterocycles. The summed E-state index contributed by atoms with van der Waals surface area (Å²) in [5.41, 5.74) is 0. The molecule has 0 aliphatic heterocycles. The van der Waals surface area contributed by atoms with Crippen molar-refractivity contribution in [2.24, 2.45) is 0 Å². The number of hydrogen-bond acceptors (Lipinski definition) is 0. The van der Waals surface area contributed by atoms with Crippen LogP contribution < -0.4 is 0 Å². The normalized spacial score (nSPS) is 10.7. The van der Waals surface area contributed by atoms with Crippen LogP contribution in [0.3, 0.4) is 0 Å². The SMILES string of the molecule is BC=C.c1ccc2c(c1)ccc1c2ccc2c3ccccc3ccc21. The van der Waals surface area contributed by atoms with Gasteiger partial charge in [-0.2, -0.15) is 0 Å². The van der Waals surface area contributed by atoms with E-state index in [9.17, 15) is 0 Å². The Morgan fingerprint density at radius 1 is 0.480 bits per heavy atom. The van der Waals surface area contributed by atoms with Crippen molar-refractivity contribution in [3.8, 4) is 0 Å². The molecule has 1 heteroatoms. The van der Waals surface area contributed by atoms with E-state index in [1.165, 1.54) is 43.1 Å². The molecule has 0 unspecified atom stereocenters. The van der Waals surface area contributed by atoms with Gasteiger partial charge in [0.15, 0.2) is 0 Å². The van der Waals surface area contributed by atoms with Gasteiger partial charge in [0.2, 0.25) is 0 Å². The van der Waals surface area contributed by atoms with Crippen LogP contribution in [0.1, 0.15) is 0 Å². The smallest absolute Gasteiger partial charge is 0.128 e. The van der Waals surface area contributed by atoms with Crippen molar-refractivity contribution in [3.63, 3.8) is 0 Å². The summed E-state index contributed by atoms with van der Waals surface area (Å²) in [6.45, 7) is 3.36. The highest BCUT2D eigenvalue weighted by Gasteiger charge is 2.06. The number of rotatable bonds is 0. The van der Waals surface area contributed by atoms with Gasteiger partial charge in [-0.1, -0.05) is 84.9 Å². The lowest BCUT2D eigenvalue weighted by molar-refractivity contribution is 1.78. The average Bonchev–Trinajstić information content (AvgIpc) is 2.67. The summed E-state index contributed by atoms with van der Waals surface area (Å²) in [5, 5.41) is 10.6. The van der Waals surface area contributed by atoms with Crippen LogP contribution in [0.2, 0.25) is 0 Å². The Morgan fingerprint density at radius 3 is 1.24 bits per heavy atom. The van der Waals surface area contributed by atoms with Crippen molar-refractivity contribution < 1.29 is 0 Å². The quantitative estimate of drug-likeness (QED) is 0.240. The van der Waals surface area contributed by atoms with Crippen LogP contribution >= 0.6 is 0 Å². The second-order valence-corrected chi connectivity index (χ2v) is 6.24. The summed E-state index contributed by atoms with van der Waals surface area (Å²) in [4.78, 5) is 0. The Morgan fingerprint density at radius 2 is 0.800 bits per heavy atom. The molecule has 0 N–H and O–H groups in total. The van der Waals surface area contributed by atoms with E-state index in [4.69, 9.17) is 0 Å². The van der Waals surface area contributed by atoms with Gasteiger partial charge in [-0.3, -0.25) is 0 Å². The van der Waals surface area contributed by atoms with E-state index >= 15 is 0 Å². The third kappa shape index (κ3) is 2.58. The van der Waals surface area contributed by atoms with Crippen molar-refractivity contribution in [3.05, 3.63) is 97.5 Å². The largest absolute Gasteiger partial charge is 0.131 e. The molecule has 0 aliphatic carbocycles. The molecule has 25 heavy (non-hydrogen) atoms. The lowest BCUT2D eigenvalue weighted by atomic mass is 9.94. The Bertz CT molecular complexity index is 1120. The maximum absolute atomic E-state index is 3.36. The predicted molar refractivity (Wildman–Crippen MR) is 115 cm³/mol. The van der Waals surface area contributed by atoms with Crippen molar-refractivity contribution in [2.45, 2.75) is 0 Å². The third-order valence-electron chi connectivity index (χ3n) is 4.65. The van der Waals surface area contributed by atoms with E-state index in [1.807, 2.05) is 7.85 Å². The highest BCUT2D eigenvalue weighted by Crippen LogP contribution is 2.34. The molecule has 118 valence electrons.